The van der Waals surface area contributed by atoms with E-state index in [2.05, 4.69) is 4.99 Å². The quantitative estimate of drug-likeness (QED) is 0.364. The van der Waals surface area contributed by atoms with Crippen LogP contribution in [-0.2, 0) is 9.47 Å². The summed E-state index contributed by atoms with van der Waals surface area (Å²) in [7, 11) is 9.65. The van der Waals surface area contributed by atoms with Gasteiger partial charge >= 0.3 is 0 Å². The van der Waals surface area contributed by atoms with Gasteiger partial charge in [0.25, 0.3) is 0 Å². The fraction of sp³-hybridized carbons (Fsp3) is 0.909. The van der Waals surface area contributed by atoms with Crippen molar-refractivity contribution in [3.05, 3.63) is 0 Å². The molecule has 0 atom stereocenters. The highest BCUT2D eigenvalue weighted by Gasteiger charge is 2.02. The van der Waals surface area contributed by atoms with Crippen LogP contribution in [0, 0.1) is 0 Å². The van der Waals surface area contributed by atoms with E-state index in [9.17, 15) is 0 Å². The summed E-state index contributed by atoms with van der Waals surface area (Å²) in [6, 6.07) is 0. The number of guanidine groups is 1. The van der Waals surface area contributed by atoms with Crippen LogP contribution in [0.2, 0.25) is 0 Å². The summed E-state index contributed by atoms with van der Waals surface area (Å²) in [4.78, 5) is 8.51. The third-order valence-electron chi connectivity index (χ3n) is 1.93. The molecule has 0 saturated carbocycles. The van der Waals surface area contributed by atoms with Gasteiger partial charge in [-0.1, -0.05) is 0 Å². The van der Waals surface area contributed by atoms with Crippen LogP contribution in [0.25, 0.3) is 0 Å². The van der Waals surface area contributed by atoms with Crippen LogP contribution >= 0.6 is 0 Å². The van der Waals surface area contributed by atoms with Crippen molar-refractivity contribution in [1.29, 1.82) is 0 Å². The van der Waals surface area contributed by atoms with E-state index in [1.165, 1.54) is 0 Å². The Morgan fingerprint density at radius 3 is 2.12 bits per heavy atom. The van der Waals surface area contributed by atoms with E-state index < -0.39 is 0 Å². The molecule has 0 amide bonds. The highest BCUT2D eigenvalue weighted by Crippen LogP contribution is 1.91. The molecule has 16 heavy (non-hydrogen) atoms. The van der Waals surface area contributed by atoms with E-state index >= 15 is 0 Å². The third kappa shape index (κ3) is 7.48. The van der Waals surface area contributed by atoms with Crippen molar-refractivity contribution >= 4 is 5.96 Å². The Hall–Kier alpha value is -0.810. The van der Waals surface area contributed by atoms with Crippen molar-refractivity contribution < 1.29 is 9.47 Å². The van der Waals surface area contributed by atoms with Crippen LogP contribution in [0.3, 0.4) is 0 Å². The first-order valence-corrected chi connectivity index (χ1v) is 5.55. The maximum atomic E-state index is 5.36. The number of hydrogen-bond acceptors (Lipinski definition) is 3. The molecular weight excluding hydrogens is 206 g/mol. The molecule has 0 aromatic rings. The monoisotopic (exact) mass is 231 g/mol. The lowest BCUT2D eigenvalue weighted by molar-refractivity contribution is 0.0702. The second kappa shape index (κ2) is 9.42. The summed E-state index contributed by atoms with van der Waals surface area (Å²) < 4.78 is 10.2. The molecule has 0 aromatic heterocycles. The van der Waals surface area contributed by atoms with Gasteiger partial charge in [0.15, 0.2) is 5.96 Å². The first-order chi connectivity index (χ1) is 7.59. The maximum Gasteiger partial charge on any atom is 0.195 e. The summed E-state index contributed by atoms with van der Waals surface area (Å²) in [5.74, 6) is 0.983. The average molecular weight is 231 g/mol. The number of nitrogens with zero attached hydrogens (tertiary/aromatic N) is 3. The van der Waals surface area contributed by atoms with Crippen LogP contribution < -0.4 is 0 Å². The van der Waals surface area contributed by atoms with Crippen LogP contribution in [0.15, 0.2) is 4.99 Å². The lowest BCUT2D eigenvalue weighted by atomic mass is 10.4. The summed E-state index contributed by atoms with van der Waals surface area (Å²) in [5, 5.41) is 0. The van der Waals surface area contributed by atoms with E-state index in [1.807, 2.05) is 38.0 Å². The number of methoxy groups -OCH3 is 1. The predicted molar refractivity (Wildman–Crippen MR) is 67.0 cm³/mol. The highest BCUT2D eigenvalue weighted by atomic mass is 16.5. The van der Waals surface area contributed by atoms with Crippen molar-refractivity contribution in [3.8, 4) is 0 Å². The number of ether oxygens (including phenoxy) is 2. The molecule has 0 spiro atoms. The van der Waals surface area contributed by atoms with E-state index in [4.69, 9.17) is 9.47 Å². The van der Waals surface area contributed by atoms with Gasteiger partial charge < -0.3 is 19.3 Å². The molecule has 0 aliphatic rings. The van der Waals surface area contributed by atoms with Crippen LogP contribution in [0.5, 0.6) is 0 Å². The summed E-state index contributed by atoms with van der Waals surface area (Å²) in [5.41, 5.74) is 0. The smallest absolute Gasteiger partial charge is 0.195 e. The first kappa shape index (κ1) is 15.2. The van der Waals surface area contributed by atoms with Gasteiger partial charge in [-0.3, -0.25) is 4.99 Å². The summed E-state index contributed by atoms with van der Waals surface area (Å²) >= 11 is 0. The first-order valence-electron chi connectivity index (χ1n) is 5.55. The largest absolute Gasteiger partial charge is 0.382 e. The average Bonchev–Trinajstić information content (AvgIpc) is 2.21. The molecule has 0 unspecified atom stereocenters. The van der Waals surface area contributed by atoms with E-state index in [0.29, 0.717) is 13.2 Å². The topological polar surface area (TPSA) is 37.3 Å². The second-order valence-corrected chi connectivity index (χ2v) is 3.93. The number of rotatable bonds is 7. The molecule has 0 heterocycles. The second-order valence-electron chi connectivity index (χ2n) is 3.93. The Morgan fingerprint density at radius 1 is 1.00 bits per heavy atom. The lowest BCUT2D eigenvalue weighted by Gasteiger charge is -2.22. The normalized spacial score (nSPS) is 10.1. The molecule has 0 fully saturated rings. The SMILES string of the molecule is COCCOCCCN=C(N(C)C)N(C)C. The third-order valence-corrected chi connectivity index (χ3v) is 1.93. The minimum absolute atomic E-state index is 0.657. The minimum Gasteiger partial charge on any atom is -0.382 e. The van der Waals surface area contributed by atoms with E-state index in [1.54, 1.807) is 7.11 Å². The van der Waals surface area contributed by atoms with Crippen LogP contribution in [0.4, 0.5) is 0 Å². The molecule has 5 heteroatoms. The van der Waals surface area contributed by atoms with Gasteiger partial charge in [0.1, 0.15) is 0 Å². The Kier molecular flexibility index (Phi) is 8.94. The van der Waals surface area contributed by atoms with E-state index in [-0.39, 0.29) is 0 Å². The summed E-state index contributed by atoms with van der Waals surface area (Å²) in [6.45, 7) is 2.85. The standard InChI is InChI=1S/C11H25N3O2/c1-13(2)11(14(3)4)12-7-6-8-16-10-9-15-5/h6-10H2,1-5H3. The molecule has 96 valence electrons. The van der Waals surface area contributed by atoms with Crippen molar-refractivity contribution in [2.75, 3.05) is 61.7 Å². The van der Waals surface area contributed by atoms with Crippen LogP contribution in [-0.4, -0.2) is 77.4 Å². The lowest BCUT2D eigenvalue weighted by Crippen LogP contribution is -2.35. The Labute approximate surface area is 99.0 Å². The molecule has 0 saturated heterocycles. The highest BCUT2D eigenvalue weighted by molar-refractivity contribution is 5.79. The zero-order valence-electron chi connectivity index (χ0n) is 11.2. The van der Waals surface area contributed by atoms with Crippen molar-refractivity contribution in [2.45, 2.75) is 6.42 Å². The summed E-state index contributed by atoms with van der Waals surface area (Å²) in [6.07, 6.45) is 0.939. The predicted octanol–water partition coefficient (Wildman–Crippen LogP) is 0.519. The zero-order chi connectivity index (χ0) is 12.4. The van der Waals surface area contributed by atoms with Gasteiger partial charge in [-0.25, -0.2) is 0 Å². The minimum atomic E-state index is 0.657. The van der Waals surface area contributed by atoms with Gasteiger partial charge in [-0.15, -0.1) is 0 Å². The molecule has 0 aromatic carbocycles. The molecule has 0 aliphatic carbocycles. The molecular formula is C11H25N3O2. The van der Waals surface area contributed by atoms with Crippen molar-refractivity contribution in [2.24, 2.45) is 4.99 Å². The molecule has 0 radical (unpaired) electrons. The van der Waals surface area contributed by atoms with Crippen LogP contribution in [0.1, 0.15) is 6.42 Å². The van der Waals surface area contributed by atoms with Crippen molar-refractivity contribution in [1.82, 2.24) is 9.80 Å². The van der Waals surface area contributed by atoms with Gasteiger partial charge in [0.05, 0.1) is 13.2 Å². The van der Waals surface area contributed by atoms with Gasteiger partial charge in [-0.05, 0) is 6.42 Å². The number of hydrogen-bond donors (Lipinski definition) is 0. The van der Waals surface area contributed by atoms with Gasteiger partial charge in [0, 0.05) is 48.5 Å². The number of aliphatic imine (C=N–C) groups is 1. The fourth-order valence-electron chi connectivity index (χ4n) is 1.27. The molecule has 0 rings (SSSR count). The van der Waals surface area contributed by atoms with E-state index in [0.717, 1.165) is 25.5 Å². The molecule has 0 N–H and O–H groups in total. The molecule has 5 nitrogen and oxygen atoms in total. The van der Waals surface area contributed by atoms with Crippen molar-refractivity contribution in [3.63, 3.8) is 0 Å². The van der Waals surface area contributed by atoms with Gasteiger partial charge in [0.2, 0.25) is 0 Å². The zero-order valence-corrected chi connectivity index (χ0v) is 11.2. The molecule has 0 aliphatic heterocycles. The Bertz CT molecular complexity index is 184. The van der Waals surface area contributed by atoms with Gasteiger partial charge in [-0.2, -0.15) is 0 Å². The maximum absolute atomic E-state index is 5.36. The Balaban J connectivity index is 3.63. The Morgan fingerprint density at radius 2 is 1.62 bits per heavy atom. The fourth-order valence-corrected chi connectivity index (χ4v) is 1.27. The molecule has 0 bridgehead atoms.